The molecule has 2 atom stereocenters. The molecule has 1 N–H and O–H groups in total. The minimum absolute atomic E-state index is 0.00398. The Morgan fingerprint density at radius 2 is 2.12 bits per heavy atom. The van der Waals surface area contributed by atoms with E-state index in [1.807, 2.05) is 0 Å². The summed E-state index contributed by atoms with van der Waals surface area (Å²) in [4.78, 5) is 13.2. The van der Waals surface area contributed by atoms with Gasteiger partial charge in [0, 0.05) is 25.6 Å². The number of carbonyl (C=O) groups is 1. The van der Waals surface area contributed by atoms with Gasteiger partial charge in [-0.2, -0.15) is 8.42 Å². The van der Waals surface area contributed by atoms with Crippen LogP contribution in [-0.2, 0) is 15.0 Å². The van der Waals surface area contributed by atoms with Gasteiger partial charge in [0.1, 0.15) is 5.25 Å². The second-order valence-corrected chi connectivity index (χ2v) is 6.32. The number of hydrogen-bond acceptors (Lipinski definition) is 4. The Morgan fingerprint density at radius 3 is 2.76 bits per heavy atom. The van der Waals surface area contributed by atoms with Gasteiger partial charge in [0.05, 0.1) is 0 Å². The lowest BCUT2D eigenvalue weighted by molar-refractivity contribution is -0.129. The molecule has 0 aliphatic carbocycles. The van der Waals surface area contributed by atoms with E-state index in [0.29, 0.717) is 6.54 Å². The number of likely N-dealkylation sites (tertiary alicyclic amines) is 1. The first-order valence-electron chi connectivity index (χ1n) is 5.92. The first-order chi connectivity index (χ1) is 7.98. The van der Waals surface area contributed by atoms with Crippen molar-refractivity contribution in [2.24, 2.45) is 0 Å². The Balaban J connectivity index is 2.04. The number of halogens is 1. The summed E-state index contributed by atoms with van der Waals surface area (Å²) in [6.07, 6.45) is 2.71. The van der Waals surface area contributed by atoms with E-state index in [4.69, 9.17) is 0 Å². The van der Waals surface area contributed by atoms with E-state index in [-0.39, 0.29) is 24.9 Å². The minimum Gasteiger partial charge on any atom is -0.337 e. The highest BCUT2D eigenvalue weighted by molar-refractivity contribution is 7.87. The van der Waals surface area contributed by atoms with Crippen LogP contribution in [0, 0.1) is 0 Å². The van der Waals surface area contributed by atoms with E-state index >= 15 is 0 Å². The van der Waals surface area contributed by atoms with Crippen LogP contribution in [0.2, 0.25) is 0 Å². The summed E-state index contributed by atoms with van der Waals surface area (Å²) in [6.45, 7) is 1.60. The molecule has 2 saturated heterocycles. The van der Waals surface area contributed by atoms with Gasteiger partial charge in [0.25, 0.3) is 0 Å². The molecule has 17 heavy (non-hydrogen) atoms. The van der Waals surface area contributed by atoms with E-state index in [9.17, 15) is 17.1 Å². The van der Waals surface area contributed by atoms with Crippen molar-refractivity contribution in [3.05, 3.63) is 0 Å². The SMILES string of the molecule is O=C1CC(S(=O)(=O)F)CN1C1CCCCNC1. The number of nitrogens with zero attached hydrogens (tertiary/aromatic N) is 1. The fourth-order valence-electron chi connectivity index (χ4n) is 2.51. The minimum atomic E-state index is -4.60. The molecular formula is C10H17FN2O3S. The van der Waals surface area contributed by atoms with Crippen LogP contribution in [0.25, 0.3) is 0 Å². The van der Waals surface area contributed by atoms with Crippen LogP contribution in [0.1, 0.15) is 25.7 Å². The molecule has 0 aromatic rings. The Hall–Kier alpha value is -0.690. The summed E-state index contributed by atoms with van der Waals surface area (Å²) in [5, 5.41) is 2.04. The average Bonchev–Trinajstić information content (AvgIpc) is 2.50. The molecule has 0 saturated carbocycles. The van der Waals surface area contributed by atoms with Gasteiger partial charge >= 0.3 is 10.2 Å². The molecule has 1 amide bonds. The number of rotatable bonds is 2. The predicted molar refractivity (Wildman–Crippen MR) is 60.7 cm³/mol. The van der Waals surface area contributed by atoms with Crippen LogP contribution in [0.4, 0.5) is 3.89 Å². The Morgan fingerprint density at radius 1 is 1.35 bits per heavy atom. The van der Waals surface area contributed by atoms with E-state index < -0.39 is 15.5 Å². The van der Waals surface area contributed by atoms with E-state index in [2.05, 4.69) is 5.32 Å². The largest absolute Gasteiger partial charge is 0.337 e. The first-order valence-corrected chi connectivity index (χ1v) is 7.37. The molecule has 0 spiro atoms. The first kappa shape index (κ1) is 12.8. The fraction of sp³-hybridized carbons (Fsp3) is 0.900. The maximum atomic E-state index is 12.9. The van der Waals surface area contributed by atoms with Gasteiger partial charge in [0.15, 0.2) is 0 Å². The Labute approximate surface area is 101 Å². The van der Waals surface area contributed by atoms with Crippen LogP contribution < -0.4 is 5.32 Å². The molecule has 0 bridgehead atoms. The molecule has 0 radical (unpaired) electrons. The van der Waals surface area contributed by atoms with E-state index in [1.165, 1.54) is 4.90 Å². The Kier molecular flexibility index (Phi) is 3.67. The summed E-state index contributed by atoms with van der Waals surface area (Å²) in [6, 6.07) is 0.0109. The molecular weight excluding hydrogens is 247 g/mol. The summed E-state index contributed by atoms with van der Waals surface area (Å²) >= 11 is 0. The second-order valence-electron chi connectivity index (χ2n) is 4.70. The maximum Gasteiger partial charge on any atom is 0.307 e. The lowest BCUT2D eigenvalue weighted by Gasteiger charge is -2.26. The van der Waals surface area contributed by atoms with E-state index in [1.54, 1.807) is 0 Å². The molecule has 5 nitrogen and oxygen atoms in total. The lowest BCUT2D eigenvalue weighted by Crippen LogP contribution is -2.42. The topological polar surface area (TPSA) is 66.5 Å². The highest BCUT2D eigenvalue weighted by Crippen LogP contribution is 2.24. The van der Waals surface area contributed by atoms with Crippen molar-refractivity contribution in [2.75, 3.05) is 19.6 Å². The number of hydrogen-bond donors (Lipinski definition) is 1. The zero-order chi connectivity index (χ0) is 12.5. The van der Waals surface area contributed by atoms with Gasteiger partial charge in [0.2, 0.25) is 5.91 Å². The predicted octanol–water partition coefficient (Wildman–Crippen LogP) is 0.0287. The normalized spacial score (nSPS) is 31.6. The van der Waals surface area contributed by atoms with Crippen LogP contribution in [0.15, 0.2) is 0 Å². The molecule has 2 heterocycles. The molecule has 2 aliphatic heterocycles. The van der Waals surface area contributed by atoms with Crippen LogP contribution in [-0.4, -0.2) is 50.2 Å². The quantitative estimate of drug-likeness (QED) is 0.715. The standard InChI is InChI=1S/C10H17FN2O3S/c11-17(15,16)9-5-10(14)13(7-9)8-3-1-2-4-12-6-8/h8-9,12H,1-7H2. The smallest absolute Gasteiger partial charge is 0.307 e. The van der Waals surface area contributed by atoms with Crippen molar-refractivity contribution in [1.82, 2.24) is 10.2 Å². The summed E-state index contributed by atoms with van der Waals surface area (Å²) in [7, 11) is -4.60. The van der Waals surface area contributed by atoms with Gasteiger partial charge in [-0.25, -0.2) is 0 Å². The molecule has 2 unspecified atom stereocenters. The van der Waals surface area contributed by atoms with Crippen molar-refractivity contribution < 1.29 is 17.1 Å². The van der Waals surface area contributed by atoms with Gasteiger partial charge in [-0.1, -0.05) is 6.42 Å². The molecule has 98 valence electrons. The third-order valence-electron chi connectivity index (χ3n) is 3.48. The van der Waals surface area contributed by atoms with Gasteiger partial charge in [-0.3, -0.25) is 4.79 Å². The Bertz CT molecular complexity index is 390. The van der Waals surface area contributed by atoms with Crippen molar-refractivity contribution in [2.45, 2.75) is 37.0 Å². The van der Waals surface area contributed by atoms with Crippen molar-refractivity contribution in [3.8, 4) is 0 Å². The zero-order valence-corrected chi connectivity index (χ0v) is 10.4. The van der Waals surface area contributed by atoms with Gasteiger partial charge < -0.3 is 10.2 Å². The number of nitrogens with one attached hydrogen (secondary N) is 1. The highest BCUT2D eigenvalue weighted by Gasteiger charge is 2.41. The molecule has 2 rings (SSSR count). The third kappa shape index (κ3) is 2.95. The fourth-order valence-corrected chi connectivity index (χ4v) is 3.19. The van der Waals surface area contributed by atoms with Gasteiger partial charge in [-0.05, 0) is 19.4 Å². The van der Waals surface area contributed by atoms with Crippen molar-refractivity contribution in [3.63, 3.8) is 0 Å². The summed E-state index contributed by atoms with van der Waals surface area (Å²) in [5.74, 6) is -0.245. The third-order valence-corrected chi connectivity index (χ3v) is 4.59. The molecule has 2 fully saturated rings. The average molecular weight is 264 g/mol. The summed E-state index contributed by atoms with van der Waals surface area (Å²) < 4.78 is 34.5. The van der Waals surface area contributed by atoms with Gasteiger partial charge in [-0.15, -0.1) is 3.89 Å². The van der Waals surface area contributed by atoms with Crippen LogP contribution in [0.5, 0.6) is 0 Å². The number of amides is 1. The van der Waals surface area contributed by atoms with Crippen LogP contribution in [0.3, 0.4) is 0 Å². The van der Waals surface area contributed by atoms with Crippen molar-refractivity contribution >= 4 is 16.1 Å². The highest BCUT2D eigenvalue weighted by atomic mass is 32.3. The van der Waals surface area contributed by atoms with E-state index in [0.717, 1.165) is 25.8 Å². The zero-order valence-electron chi connectivity index (χ0n) is 9.56. The molecule has 0 aromatic heterocycles. The summed E-state index contributed by atoms with van der Waals surface area (Å²) in [5.41, 5.74) is 0. The number of carbonyl (C=O) groups excluding carboxylic acids is 1. The second kappa shape index (κ2) is 4.89. The monoisotopic (exact) mass is 264 g/mol. The lowest BCUT2D eigenvalue weighted by atomic mass is 10.1. The van der Waals surface area contributed by atoms with Crippen molar-refractivity contribution in [1.29, 1.82) is 0 Å². The molecule has 2 aliphatic rings. The maximum absolute atomic E-state index is 12.9. The van der Waals surface area contributed by atoms with Crippen LogP contribution >= 0.6 is 0 Å². The molecule has 7 heteroatoms. The molecule has 0 aromatic carbocycles.